The molecule has 0 saturated heterocycles. The van der Waals surface area contributed by atoms with Crippen LogP contribution in [-0.2, 0) is 9.59 Å². The van der Waals surface area contributed by atoms with Crippen molar-refractivity contribution in [1.29, 1.82) is 5.26 Å². The van der Waals surface area contributed by atoms with Crippen LogP contribution in [-0.4, -0.2) is 19.6 Å². The van der Waals surface area contributed by atoms with Crippen molar-refractivity contribution in [3.63, 3.8) is 0 Å². The number of carbonyl (C=O) groups excluding carboxylic acids is 2. The number of hydrogen-bond acceptors (Lipinski definition) is 3. The lowest BCUT2D eigenvalue weighted by molar-refractivity contribution is -0.130. The summed E-state index contributed by atoms with van der Waals surface area (Å²) in [7, 11) is -1.95. The summed E-state index contributed by atoms with van der Waals surface area (Å²) < 4.78 is 0. The third kappa shape index (κ3) is 3.34. The Morgan fingerprint density at radius 3 is 2.34 bits per heavy atom. The molecule has 1 unspecified atom stereocenters. The van der Waals surface area contributed by atoms with Crippen LogP contribution in [0.1, 0.15) is 54.4 Å². The highest BCUT2D eigenvalue weighted by Gasteiger charge is 2.59. The van der Waals surface area contributed by atoms with E-state index in [2.05, 4.69) is 56.2 Å². The second-order valence-electron chi connectivity index (χ2n) is 11.8. The van der Waals surface area contributed by atoms with Gasteiger partial charge in [-0.05, 0) is 41.5 Å². The number of fused-ring (bicyclic) bond motifs is 3. The Bertz CT molecular complexity index is 1150. The van der Waals surface area contributed by atoms with Gasteiger partial charge < -0.3 is 4.79 Å². The molecule has 0 aromatic carbocycles. The first-order valence-electron chi connectivity index (χ1n) is 11.2. The van der Waals surface area contributed by atoms with E-state index in [4.69, 9.17) is 6.57 Å². The van der Waals surface area contributed by atoms with Gasteiger partial charge in [0.25, 0.3) is 0 Å². The van der Waals surface area contributed by atoms with Crippen LogP contribution in [0.5, 0.6) is 0 Å². The molecule has 4 nitrogen and oxygen atoms in total. The maximum absolute atomic E-state index is 13.0. The van der Waals surface area contributed by atoms with Crippen molar-refractivity contribution in [3.05, 3.63) is 46.5 Å². The standard InChI is InChI=1S/C27H32N2O2Si/c1-24(2,3)32(8,9)13-12-27-11-10-21-25(4,5)23(31)19(29-7)16-26(21,6)22(27)14-20(30)18(15-27)17-28/h14-16,21H,10-11H2,1-6,8-9H3/t21?,26-,27+/m0/s1. The minimum Gasteiger partial charge on any atom is -0.307 e. The number of rotatable bonds is 0. The lowest BCUT2D eigenvalue weighted by Crippen LogP contribution is -2.53. The van der Waals surface area contributed by atoms with E-state index in [1.54, 1.807) is 18.2 Å². The Labute approximate surface area is 193 Å². The molecule has 3 aliphatic carbocycles. The molecule has 0 bridgehead atoms. The highest BCUT2D eigenvalue weighted by Crippen LogP contribution is 2.63. The topological polar surface area (TPSA) is 62.3 Å². The van der Waals surface area contributed by atoms with Gasteiger partial charge >= 0.3 is 0 Å². The van der Waals surface area contributed by atoms with Crippen LogP contribution in [0, 0.1) is 51.5 Å². The molecule has 166 valence electrons. The Balaban J connectivity index is 2.31. The predicted octanol–water partition coefficient (Wildman–Crippen LogP) is 5.81. The highest BCUT2D eigenvalue weighted by atomic mass is 28.3. The Morgan fingerprint density at radius 2 is 1.81 bits per heavy atom. The average Bonchev–Trinajstić information content (AvgIpc) is 2.69. The van der Waals surface area contributed by atoms with E-state index in [0.717, 1.165) is 12.0 Å². The van der Waals surface area contributed by atoms with E-state index in [9.17, 15) is 14.9 Å². The number of allylic oxidation sites excluding steroid dienone is 6. The Kier molecular flexibility index (Phi) is 5.36. The van der Waals surface area contributed by atoms with Crippen LogP contribution in [0.4, 0.5) is 0 Å². The van der Waals surface area contributed by atoms with Crippen LogP contribution in [0.2, 0.25) is 18.1 Å². The fraction of sp³-hybridized carbons (Fsp3) is 0.556. The number of ketones is 2. The van der Waals surface area contributed by atoms with Crippen molar-refractivity contribution < 1.29 is 9.59 Å². The van der Waals surface area contributed by atoms with Crippen LogP contribution in [0.25, 0.3) is 4.85 Å². The van der Waals surface area contributed by atoms with Crippen LogP contribution in [0.3, 0.4) is 0 Å². The van der Waals surface area contributed by atoms with Crippen molar-refractivity contribution >= 4 is 19.6 Å². The van der Waals surface area contributed by atoms with E-state index >= 15 is 0 Å². The first-order valence-corrected chi connectivity index (χ1v) is 14.2. The van der Waals surface area contributed by atoms with Gasteiger partial charge in [-0.2, -0.15) is 5.26 Å². The maximum atomic E-state index is 13.0. The Hall–Kier alpha value is -2.68. The fourth-order valence-electron chi connectivity index (χ4n) is 5.35. The minimum atomic E-state index is -1.95. The van der Waals surface area contributed by atoms with Crippen LogP contribution in [0.15, 0.2) is 35.1 Å². The van der Waals surface area contributed by atoms with Gasteiger partial charge in [0.05, 0.1) is 17.6 Å². The molecule has 3 aliphatic rings. The van der Waals surface area contributed by atoms with Crippen molar-refractivity contribution in [1.82, 2.24) is 0 Å². The molecule has 0 N–H and O–H groups in total. The van der Waals surface area contributed by atoms with Gasteiger partial charge in [-0.25, -0.2) is 4.85 Å². The molecular weight excluding hydrogens is 412 g/mol. The average molecular weight is 445 g/mol. The molecule has 0 amide bonds. The molecular formula is C27H32N2O2Si. The van der Waals surface area contributed by atoms with Crippen molar-refractivity contribution in [2.24, 2.45) is 22.2 Å². The number of nitriles is 1. The number of Topliss-reactive ketones (excluding diaryl/α,β-unsaturated/α-hetero) is 1. The molecule has 0 heterocycles. The second kappa shape index (κ2) is 7.16. The highest BCUT2D eigenvalue weighted by molar-refractivity contribution is 6.87. The second-order valence-corrected chi connectivity index (χ2v) is 16.8. The van der Waals surface area contributed by atoms with E-state index in [-0.39, 0.29) is 33.8 Å². The van der Waals surface area contributed by atoms with E-state index in [1.165, 1.54) is 0 Å². The number of nitrogens with zero attached hydrogens (tertiary/aromatic N) is 2. The van der Waals surface area contributed by atoms with Gasteiger partial charge in [-0.15, -0.1) is 5.54 Å². The van der Waals surface area contributed by atoms with Gasteiger partial charge in [-0.1, -0.05) is 66.6 Å². The summed E-state index contributed by atoms with van der Waals surface area (Å²) in [5.41, 5.74) is 2.59. The summed E-state index contributed by atoms with van der Waals surface area (Å²) in [5, 5.41) is 9.69. The molecule has 5 heteroatoms. The van der Waals surface area contributed by atoms with E-state index in [0.29, 0.717) is 6.42 Å². The number of hydrogen-bond donors (Lipinski definition) is 0. The van der Waals surface area contributed by atoms with Crippen molar-refractivity contribution in [2.75, 3.05) is 0 Å². The van der Waals surface area contributed by atoms with Gasteiger partial charge in [0, 0.05) is 10.8 Å². The zero-order chi connectivity index (χ0) is 24.3. The normalized spacial score (nSPS) is 31.4. The summed E-state index contributed by atoms with van der Waals surface area (Å²) >= 11 is 0. The molecule has 1 saturated carbocycles. The summed E-state index contributed by atoms with van der Waals surface area (Å²) in [4.78, 5) is 29.4. The SMILES string of the molecule is [C-]#[N+]C1=C[C@]2(C)C3=CC(=O)C(C#N)=C[C@]3(C#C[Si](C)(C)C(C)(C)C)CCC2C(C)(C)C1=O. The molecule has 3 atom stereocenters. The molecule has 0 aliphatic heterocycles. The summed E-state index contributed by atoms with van der Waals surface area (Å²) in [5.74, 6) is 3.07. The summed E-state index contributed by atoms with van der Waals surface area (Å²) in [6, 6.07) is 2.06. The van der Waals surface area contributed by atoms with Crippen LogP contribution >= 0.6 is 0 Å². The third-order valence-electron chi connectivity index (χ3n) is 8.38. The third-order valence-corrected chi connectivity index (χ3v) is 12.9. The van der Waals surface area contributed by atoms with Gasteiger partial charge in [0.1, 0.15) is 14.1 Å². The molecule has 0 aromatic rings. The van der Waals surface area contributed by atoms with Gasteiger partial charge in [-0.3, -0.25) is 4.79 Å². The molecule has 0 radical (unpaired) electrons. The molecule has 3 rings (SSSR count). The molecule has 32 heavy (non-hydrogen) atoms. The molecule has 0 spiro atoms. The lowest BCUT2D eigenvalue weighted by atomic mass is 9.46. The Morgan fingerprint density at radius 1 is 1.19 bits per heavy atom. The smallest absolute Gasteiger partial charge is 0.226 e. The zero-order valence-electron chi connectivity index (χ0n) is 20.4. The predicted molar refractivity (Wildman–Crippen MR) is 128 cm³/mol. The quantitative estimate of drug-likeness (QED) is 0.269. The summed E-state index contributed by atoms with van der Waals surface area (Å²) in [6.45, 7) is 24.6. The molecule has 0 aromatic heterocycles. The van der Waals surface area contributed by atoms with Crippen LogP contribution < -0.4 is 0 Å². The number of carbonyl (C=O) groups is 2. The van der Waals surface area contributed by atoms with E-state index < -0.39 is 24.3 Å². The monoisotopic (exact) mass is 444 g/mol. The summed E-state index contributed by atoms with van der Waals surface area (Å²) in [6.07, 6.45) is 6.49. The molecule has 1 fully saturated rings. The van der Waals surface area contributed by atoms with E-state index in [1.807, 2.05) is 20.8 Å². The minimum absolute atomic E-state index is 0.0492. The lowest BCUT2D eigenvalue weighted by Gasteiger charge is -2.56. The first-order chi connectivity index (χ1) is 14.6. The van der Waals surface area contributed by atoms with Crippen molar-refractivity contribution in [2.45, 2.75) is 72.5 Å². The van der Waals surface area contributed by atoms with Gasteiger partial charge in [0.15, 0.2) is 11.6 Å². The fourth-order valence-corrected chi connectivity index (χ4v) is 6.26. The zero-order valence-corrected chi connectivity index (χ0v) is 21.4. The van der Waals surface area contributed by atoms with Gasteiger partial charge in [0.2, 0.25) is 5.70 Å². The van der Waals surface area contributed by atoms with Crippen molar-refractivity contribution in [3.8, 4) is 17.5 Å². The first kappa shape index (κ1) is 24.0. The largest absolute Gasteiger partial charge is 0.307 e. The maximum Gasteiger partial charge on any atom is 0.226 e.